The molecular weight excluding hydrogens is 541 g/mol. The number of allylic oxidation sites excluding steroid dienone is 2. The molecule has 5 rings (SSSR count). The Balaban J connectivity index is 1.45. The SMILES string of the molecule is CC(=O)Nc1ccc(S(=O)(=O)c2ccc(NC3=C(Sc4cccs4)C(=O)c4ccccc4C3=O)cc2)cc1. The van der Waals surface area contributed by atoms with Crippen LogP contribution in [0.5, 0.6) is 0 Å². The van der Waals surface area contributed by atoms with Crippen LogP contribution in [0, 0.1) is 0 Å². The fourth-order valence-electron chi connectivity index (χ4n) is 3.90. The van der Waals surface area contributed by atoms with Crippen LogP contribution in [0.3, 0.4) is 0 Å². The van der Waals surface area contributed by atoms with Gasteiger partial charge in [0.05, 0.1) is 18.9 Å². The van der Waals surface area contributed by atoms with Crippen LogP contribution in [0.25, 0.3) is 0 Å². The number of amides is 1. The van der Waals surface area contributed by atoms with E-state index in [2.05, 4.69) is 10.6 Å². The summed E-state index contributed by atoms with van der Waals surface area (Å²) in [5, 5.41) is 7.56. The number of thioether (sulfide) groups is 1. The van der Waals surface area contributed by atoms with Crippen molar-refractivity contribution in [2.75, 3.05) is 10.6 Å². The molecule has 0 spiro atoms. The molecule has 2 N–H and O–H groups in total. The van der Waals surface area contributed by atoms with E-state index < -0.39 is 9.84 Å². The van der Waals surface area contributed by atoms with Crippen molar-refractivity contribution < 1.29 is 22.8 Å². The van der Waals surface area contributed by atoms with Crippen LogP contribution in [0.2, 0.25) is 0 Å². The minimum absolute atomic E-state index is 0.0638. The van der Waals surface area contributed by atoms with Crippen LogP contribution in [-0.4, -0.2) is 25.9 Å². The molecule has 10 heteroatoms. The number of hydrogen-bond donors (Lipinski definition) is 2. The van der Waals surface area contributed by atoms with Gasteiger partial charge in [-0.3, -0.25) is 14.4 Å². The predicted molar refractivity (Wildman–Crippen MR) is 149 cm³/mol. The van der Waals surface area contributed by atoms with Gasteiger partial charge < -0.3 is 10.6 Å². The van der Waals surface area contributed by atoms with Crippen LogP contribution >= 0.6 is 23.1 Å². The Labute approximate surface area is 227 Å². The van der Waals surface area contributed by atoms with E-state index in [0.29, 0.717) is 22.5 Å². The minimum Gasteiger partial charge on any atom is -0.351 e. The third-order valence-corrected chi connectivity index (χ3v) is 9.61. The molecule has 1 aliphatic rings. The molecule has 0 fully saturated rings. The summed E-state index contributed by atoms with van der Waals surface area (Å²) >= 11 is 2.69. The van der Waals surface area contributed by atoms with E-state index in [-0.39, 0.29) is 37.9 Å². The number of thiophene rings is 1. The zero-order chi connectivity index (χ0) is 26.9. The van der Waals surface area contributed by atoms with E-state index >= 15 is 0 Å². The van der Waals surface area contributed by atoms with Gasteiger partial charge in [-0.2, -0.15) is 0 Å². The molecule has 3 aromatic carbocycles. The average Bonchev–Trinajstić information content (AvgIpc) is 3.43. The highest BCUT2D eigenvalue weighted by Crippen LogP contribution is 2.39. The number of sulfone groups is 1. The van der Waals surface area contributed by atoms with Gasteiger partial charge in [-0.15, -0.1) is 11.3 Å². The molecule has 1 aliphatic carbocycles. The van der Waals surface area contributed by atoms with Gasteiger partial charge in [0.25, 0.3) is 0 Å². The molecule has 0 radical (unpaired) electrons. The van der Waals surface area contributed by atoms with E-state index in [9.17, 15) is 22.8 Å². The van der Waals surface area contributed by atoms with E-state index in [4.69, 9.17) is 0 Å². The Morgan fingerprint density at radius 1 is 0.763 bits per heavy atom. The van der Waals surface area contributed by atoms with Crippen LogP contribution in [0.15, 0.2) is 115 Å². The summed E-state index contributed by atoms with van der Waals surface area (Å²) in [7, 11) is -3.81. The summed E-state index contributed by atoms with van der Waals surface area (Å²) in [5.41, 5.74) is 1.78. The van der Waals surface area contributed by atoms with Crippen molar-refractivity contribution in [3.8, 4) is 0 Å². The number of carbonyl (C=O) groups excluding carboxylic acids is 3. The van der Waals surface area contributed by atoms with Crippen LogP contribution in [0.1, 0.15) is 27.6 Å². The standard InChI is InChI=1S/C28H20N2O5S3/c1-17(31)29-18-8-12-20(13-9-18)38(34,35)21-14-10-19(11-15-21)30-25-26(32)22-5-2-3-6-23(22)27(33)28(25)37-24-7-4-16-36-24/h2-16,30H,1H3,(H,29,31). The first-order valence-corrected chi connectivity index (χ1v) is 14.6. The number of fused-ring (bicyclic) bond motifs is 1. The lowest BCUT2D eigenvalue weighted by molar-refractivity contribution is -0.114. The maximum absolute atomic E-state index is 13.4. The van der Waals surface area contributed by atoms with Crippen molar-refractivity contribution in [1.82, 2.24) is 0 Å². The second kappa shape index (κ2) is 10.4. The van der Waals surface area contributed by atoms with E-state index in [1.165, 1.54) is 66.4 Å². The monoisotopic (exact) mass is 560 g/mol. The molecule has 1 heterocycles. The Kier molecular flexibility index (Phi) is 7.02. The Morgan fingerprint density at radius 3 is 1.89 bits per heavy atom. The fraction of sp³-hybridized carbons (Fsp3) is 0.0357. The lowest BCUT2D eigenvalue weighted by Gasteiger charge is -2.21. The largest absolute Gasteiger partial charge is 0.351 e. The molecule has 0 atom stereocenters. The van der Waals surface area contributed by atoms with Crippen molar-refractivity contribution in [2.24, 2.45) is 0 Å². The summed E-state index contributed by atoms with van der Waals surface area (Å²) < 4.78 is 27.1. The number of rotatable bonds is 7. The quantitative estimate of drug-likeness (QED) is 0.284. The van der Waals surface area contributed by atoms with Gasteiger partial charge >= 0.3 is 0 Å². The Bertz CT molecular complexity index is 1690. The lowest BCUT2D eigenvalue weighted by atomic mass is 9.92. The van der Waals surface area contributed by atoms with Gasteiger partial charge in [0.1, 0.15) is 5.70 Å². The fourth-order valence-corrected chi connectivity index (χ4v) is 7.02. The highest BCUT2D eigenvalue weighted by molar-refractivity contribution is 8.05. The number of anilines is 2. The first-order chi connectivity index (χ1) is 18.2. The highest BCUT2D eigenvalue weighted by atomic mass is 32.2. The maximum atomic E-state index is 13.4. The van der Waals surface area contributed by atoms with Crippen molar-refractivity contribution >= 4 is 61.8 Å². The van der Waals surface area contributed by atoms with Crippen LogP contribution < -0.4 is 10.6 Å². The van der Waals surface area contributed by atoms with Crippen molar-refractivity contribution in [3.05, 3.63) is 112 Å². The Hall–Kier alpha value is -3.99. The van der Waals surface area contributed by atoms with Crippen LogP contribution in [-0.2, 0) is 14.6 Å². The Morgan fingerprint density at radius 2 is 1.34 bits per heavy atom. The minimum atomic E-state index is -3.81. The second-order valence-corrected chi connectivity index (χ2v) is 12.5. The highest BCUT2D eigenvalue weighted by Gasteiger charge is 2.33. The van der Waals surface area contributed by atoms with Gasteiger partial charge in [-0.1, -0.05) is 42.1 Å². The number of carbonyl (C=O) groups is 3. The molecule has 0 saturated carbocycles. The number of hydrogen-bond acceptors (Lipinski definition) is 8. The van der Waals surface area contributed by atoms with Crippen molar-refractivity contribution in [1.29, 1.82) is 0 Å². The van der Waals surface area contributed by atoms with E-state index in [0.717, 1.165) is 4.21 Å². The van der Waals surface area contributed by atoms with Gasteiger partial charge in [0.15, 0.2) is 0 Å². The number of ketones is 2. The average molecular weight is 561 g/mol. The molecule has 0 saturated heterocycles. The normalized spacial score (nSPS) is 13.3. The molecule has 0 unspecified atom stereocenters. The summed E-state index contributed by atoms with van der Waals surface area (Å²) in [4.78, 5) is 38.4. The summed E-state index contributed by atoms with van der Waals surface area (Å²) in [6.45, 7) is 1.37. The van der Waals surface area contributed by atoms with Gasteiger partial charge in [-0.25, -0.2) is 8.42 Å². The third-order valence-electron chi connectivity index (χ3n) is 5.69. The zero-order valence-corrected chi connectivity index (χ0v) is 22.4. The molecule has 1 aromatic heterocycles. The summed E-state index contributed by atoms with van der Waals surface area (Å²) in [5.74, 6) is -0.810. The maximum Gasteiger partial charge on any atom is 0.221 e. The predicted octanol–water partition coefficient (Wildman–Crippen LogP) is 6.03. The van der Waals surface area contributed by atoms with Crippen molar-refractivity contribution in [3.63, 3.8) is 0 Å². The molecule has 0 bridgehead atoms. The number of nitrogens with one attached hydrogen (secondary N) is 2. The molecule has 7 nitrogen and oxygen atoms in total. The molecular formula is C28H20N2O5S3. The molecule has 4 aromatic rings. The van der Waals surface area contributed by atoms with Gasteiger partial charge in [0.2, 0.25) is 27.3 Å². The lowest BCUT2D eigenvalue weighted by Crippen LogP contribution is -2.25. The molecule has 0 aliphatic heterocycles. The smallest absolute Gasteiger partial charge is 0.221 e. The van der Waals surface area contributed by atoms with Crippen molar-refractivity contribution in [2.45, 2.75) is 20.9 Å². The van der Waals surface area contributed by atoms with E-state index in [1.54, 1.807) is 36.4 Å². The van der Waals surface area contributed by atoms with E-state index in [1.807, 2.05) is 17.5 Å². The number of benzene rings is 3. The van der Waals surface area contributed by atoms with Gasteiger partial charge in [-0.05, 0) is 60.0 Å². The van der Waals surface area contributed by atoms with Gasteiger partial charge in [0, 0.05) is 29.4 Å². The molecule has 1 amide bonds. The first-order valence-electron chi connectivity index (χ1n) is 11.4. The first kappa shape index (κ1) is 25.7. The third kappa shape index (κ3) is 5.06. The number of Topliss-reactive ketones (excluding diaryl/α,β-unsaturated/α-hetero) is 2. The zero-order valence-electron chi connectivity index (χ0n) is 19.9. The second-order valence-electron chi connectivity index (χ2n) is 8.30. The molecule has 38 heavy (non-hydrogen) atoms. The van der Waals surface area contributed by atoms with Crippen LogP contribution in [0.4, 0.5) is 11.4 Å². The topological polar surface area (TPSA) is 109 Å². The summed E-state index contributed by atoms with van der Waals surface area (Å²) in [6.07, 6.45) is 0. The molecule has 190 valence electrons. The summed E-state index contributed by atoms with van der Waals surface area (Å²) in [6, 6.07) is 22.3.